The van der Waals surface area contributed by atoms with Gasteiger partial charge in [0.1, 0.15) is 5.75 Å². The fourth-order valence-corrected chi connectivity index (χ4v) is 2.27. The van der Waals surface area contributed by atoms with E-state index in [9.17, 15) is 9.90 Å². The molecule has 0 fully saturated rings. The predicted molar refractivity (Wildman–Crippen MR) is 83.3 cm³/mol. The lowest BCUT2D eigenvalue weighted by atomic mass is 9.99. The molecule has 0 aromatic heterocycles. The second-order valence-electron chi connectivity index (χ2n) is 5.10. The molecule has 0 aliphatic heterocycles. The lowest BCUT2D eigenvalue weighted by molar-refractivity contribution is 0.0324. The third kappa shape index (κ3) is 3.85. The largest absolute Gasteiger partial charge is 0.508 e. The summed E-state index contributed by atoms with van der Waals surface area (Å²) in [6, 6.07) is 14.2. The molecule has 0 radical (unpaired) electrons. The van der Waals surface area contributed by atoms with E-state index < -0.39 is 0 Å². The minimum Gasteiger partial charge on any atom is -0.508 e. The minimum atomic E-state index is -0.306. The van der Waals surface area contributed by atoms with Gasteiger partial charge in [-0.2, -0.15) is 0 Å². The molecule has 2 rings (SSSR count). The molecule has 0 saturated carbocycles. The first kappa shape index (κ1) is 15.1. The summed E-state index contributed by atoms with van der Waals surface area (Å²) in [5.74, 6) is -0.102. The van der Waals surface area contributed by atoms with E-state index in [4.69, 9.17) is 4.74 Å². The van der Waals surface area contributed by atoms with Crippen molar-refractivity contribution in [1.29, 1.82) is 0 Å². The number of hydrogen-bond donors (Lipinski definition) is 1. The van der Waals surface area contributed by atoms with Gasteiger partial charge >= 0.3 is 5.97 Å². The smallest absolute Gasteiger partial charge is 0.339 e. The van der Waals surface area contributed by atoms with Gasteiger partial charge in [0.15, 0.2) is 0 Å². The number of esters is 1. The highest BCUT2D eigenvalue weighted by Gasteiger charge is 2.16. The second-order valence-corrected chi connectivity index (χ2v) is 5.10. The van der Waals surface area contributed by atoms with Crippen molar-refractivity contribution >= 4 is 5.97 Å². The Kier molecular flexibility index (Phi) is 4.99. The molecule has 3 nitrogen and oxygen atoms in total. The number of ether oxygens (including phenoxy) is 1. The molecule has 1 atom stereocenters. The molecule has 0 bridgehead atoms. The van der Waals surface area contributed by atoms with Crippen LogP contribution in [0.3, 0.4) is 0 Å². The predicted octanol–water partition coefficient (Wildman–Crippen LogP) is 4.40. The number of phenols is 1. The van der Waals surface area contributed by atoms with Crippen molar-refractivity contribution < 1.29 is 14.6 Å². The summed E-state index contributed by atoms with van der Waals surface area (Å²) < 4.78 is 5.47. The van der Waals surface area contributed by atoms with E-state index in [1.165, 1.54) is 0 Å². The Hall–Kier alpha value is -2.29. The molecule has 0 saturated heterocycles. The maximum Gasteiger partial charge on any atom is 0.339 e. The van der Waals surface area contributed by atoms with Crippen molar-refractivity contribution in [3.63, 3.8) is 0 Å². The van der Waals surface area contributed by atoms with Crippen LogP contribution in [0.5, 0.6) is 5.75 Å². The number of phenolic OH excluding ortho intramolecular Hbond substituents is 1. The van der Waals surface area contributed by atoms with Crippen LogP contribution in [0.25, 0.3) is 11.1 Å². The van der Waals surface area contributed by atoms with Crippen LogP contribution in [-0.2, 0) is 4.74 Å². The van der Waals surface area contributed by atoms with Crippen molar-refractivity contribution in [3.8, 4) is 16.9 Å². The highest BCUT2D eigenvalue weighted by Crippen LogP contribution is 2.26. The summed E-state index contributed by atoms with van der Waals surface area (Å²) in [4.78, 5) is 12.3. The van der Waals surface area contributed by atoms with Crippen LogP contribution in [0.1, 0.15) is 37.0 Å². The quantitative estimate of drug-likeness (QED) is 0.827. The number of carbonyl (C=O) groups excluding carboxylic acids is 1. The average molecular weight is 284 g/mol. The zero-order valence-corrected chi connectivity index (χ0v) is 12.4. The third-order valence-electron chi connectivity index (χ3n) is 3.33. The van der Waals surface area contributed by atoms with E-state index in [0.717, 1.165) is 24.0 Å². The summed E-state index contributed by atoms with van der Waals surface area (Å²) in [5, 5.41) is 9.37. The first-order chi connectivity index (χ1) is 10.1. The summed E-state index contributed by atoms with van der Waals surface area (Å²) in [7, 11) is 0. The van der Waals surface area contributed by atoms with E-state index in [1.54, 1.807) is 30.3 Å². The molecular formula is C18H20O3. The maximum absolute atomic E-state index is 12.3. The van der Waals surface area contributed by atoms with Crippen molar-refractivity contribution in [1.82, 2.24) is 0 Å². The normalized spacial score (nSPS) is 11.9. The van der Waals surface area contributed by atoms with Gasteiger partial charge in [0.2, 0.25) is 0 Å². The zero-order chi connectivity index (χ0) is 15.2. The number of hydrogen-bond acceptors (Lipinski definition) is 3. The van der Waals surface area contributed by atoms with Gasteiger partial charge in [0.25, 0.3) is 0 Å². The lowest BCUT2D eigenvalue weighted by Crippen LogP contribution is -2.15. The van der Waals surface area contributed by atoms with Crippen LogP contribution in [0, 0.1) is 0 Å². The van der Waals surface area contributed by atoms with E-state index in [2.05, 4.69) is 6.92 Å². The SMILES string of the molecule is CCCC(C)OC(=O)c1ccccc1-c1ccc(O)cc1. The van der Waals surface area contributed by atoms with E-state index in [1.807, 2.05) is 25.1 Å². The lowest BCUT2D eigenvalue weighted by Gasteiger charge is -2.14. The minimum absolute atomic E-state index is 0.0876. The molecule has 0 heterocycles. The standard InChI is InChI=1S/C18H20O3/c1-3-6-13(2)21-18(20)17-8-5-4-7-16(17)14-9-11-15(19)12-10-14/h4-5,7-13,19H,3,6H2,1-2H3. The number of benzene rings is 2. The summed E-state index contributed by atoms with van der Waals surface area (Å²) in [6.45, 7) is 3.97. The Labute approximate surface area is 125 Å². The van der Waals surface area contributed by atoms with Crippen molar-refractivity contribution in [2.75, 3.05) is 0 Å². The monoisotopic (exact) mass is 284 g/mol. The Morgan fingerprint density at radius 1 is 1.14 bits per heavy atom. The molecule has 21 heavy (non-hydrogen) atoms. The number of aromatic hydroxyl groups is 1. The number of rotatable bonds is 5. The Morgan fingerprint density at radius 2 is 1.81 bits per heavy atom. The molecule has 0 aliphatic carbocycles. The van der Waals surface area contributed by atoms with Gasteiger partial charge < -0.3 is 9.84 Å². The highest BCUT2D eigenvalue weighted by molar-refractivity contribution is 5.97. The Bertz CT molecular complexity index is 602. The third-order valence-corrected chi connectivity index (χ3v) is 3.33. The molecule has 0 spiro atoms. The summed E-state index contributed by atoms with van der Waals surface area (Å²) in [5.41, 5.74) is 2.24. The van der Waals surface area contributed by atoms with Gasteiger partial charge in [-0.25, -0.2) is 4.79 Å². The van der Waals surface area contributed by atoms with Crippen LogP contribution in [0.15, 0.2) is 48.5 Å². The van der Waals surface area contributed by atoms with E-state index >= 15 is 0 Å². The highest BCUT2D eigenvalue weighted by atomic mass is 16.5. The van der Waals surface area contributed by atoms with Gasteiger partial charge in [-0.1, -0.05) is 43.7 Å². The van der Waals surface area contributed by atoms with Crippen LogP contribution in [-0.4, -0.2) is 17.2 Å². The van der Waals surface area contributed by atoms with E-state index in [0.29, 0.717) is 5.56 Å². The Balaban J connectivity index is 2.28. The molecule has 2 aromatic rings. The van der Waals surface area contributed by atoms with Gasteiger partial charge in [-0.15, -0.1) is 0 Å². The summed E-state index contributed by atoms with van der Waals surface area (Å²) >= 11 is 0. The molecule has 3 heteroatoms. The first-order valence-electron chi connectivity index (χ1n) is 7.21. The van der Waals surface area contributed by atoms with Crippen molar-refractivity contribution in [2.45, 2.75) is 32.8 Å². The van der Waals surface area contributed by atoms with Crippen LogP contribution in [0.4, 0.5) is 0 Å². The van der Waals surface area contributed by atoms with Crippen molar-refractivity contribution in [2.24, 2.45) is 0 Å². The van der Waals surface area contributed by atoms with Gasteiger partial charge in [0.05, 0.1) is 11.7 Å². The van der Waals surface area contributed by atoms with Gasteiger partial charge in [0, 0.05) is 0 Å². The van der Waals surface area contributed by atoms with Crippen LogP contribution >= 0.6 is 0 Å². The molecule has 0 aliphatic rings. The summed E-state index contributed by atoms with van der Waals surface area (Å²) in [6.07, 6.45) is 1.75. The molecular weight excluding hydrogens is 264 g/mol. The molecule has 0 amide bonds. The van der Waals surface area contributed by atoms with Crippen LogP contribution in [0.2, 0.25) is 0 Å². The van der Waals surface area contributed by atoms with E-state index in [-0.39, 0.29) is 17.8 Å². The number of carbonyl (C=O) groups is 1. The Morgan fingerprint density at radius 3 is 2.48 bits per heavy atom. The van der Waals surface area contributed by atoms with Crippen molar-refractivity contribution in [3.05, 3.63) is 54.1 Å². The van der Waals surface area contributed by atoms with Gasteiger partial charge in [-0.3, -0.25) is 0 Å². The topological polar surface area (TPSA) is 46.5 Å². The molecule has 1 unspecified atom stereocenters. The fourth-order valence-electron chi connectivity index (χ4n) is 2.27. The molecule has 2 aromatic carbocycles. The van der Waals surface area contributed by atoms with Gasteiger partial charge in [-0.05, 0) is 42.7 Å². The second kappa shape index (κ2) is 6.93. The van der Waals surface area contributed by atoms with Crippen LogP contribution < -0.4 is 0 Å². The average Bonchev–Trinajstić information content (AvgIpc) is 2.48. The zero-order valence-electron chi connectivity index (χ0n) is 12.4. The molecule has 1 N–H and O–H groups in total. The maximum atomic E-state index is 12.3. The fraction of sp³-hybridized carbons (Fsp3) is 0.278. The first-order valence-corrected chi connectivity index (χ1v) is 7.21. The molecule has 110 valence electrons.